The molecule has 1 aliphatic rings. The van der Waals surface area contributed by atoms with Crippen molar-refractivity contribution in [2.75, 3.05) is 6.54 Å². The van der Waals surface area contributed by atoms with Crippen molar-refractivity contribution < 1.29 is 5.11 Å². The van der Waals surface area contributed by atoms with Crippen LogP contribution in [0.2, 0.25) is 0 Å². The van der Waals surface area contributed by atoms with Gasteiger partial charge in [0.15, 0.2) is 0 Å². The second-order valence-corrected chi connectivity index (χ2v) is 7.54. The highest BCUT2D eigenvalue weighted by Gasteiger charge is 2.25. The van der Waals surface area contributed by atoms with Crippen molar-refractivity contribution in [3.05, 3.63) is 65.5 Å². The largest absolute Gasteiger partial charge is 0.390 e. The fourth-order valence-corrected chi connectivity index (χ4v) is 3.46. The Hall–Kier alpha value is -1.71. The number of benzene rings is 1. The minimum atomic E-state index is -0.592. The Kier molecular flexibility index (Phi) is 5.32. The first-order valence-electron chi connectivity index (χ1n) is 8.95. The van der Waals surface area contributed by atoms with E-state index in [0.717, 1.165) is 25.9 Å². The zero-order valence-corrected chi connectivity index (χ0v) is 14.8. The van der Waals surface area contributed by atoms with Crippen molar-refractivity contribution in [1.82, 2.24) is 9.88 Å². The molecule has 0 spiro atoms. The Labute approximate surface area is 145 Å². The van der Waals surface area contributed by atoms with Gasteiger partial charge in [0.2, 0.25) is 0 Å². The van der Waals surface area contributed by atoms with Gasteiger partial charge in [0.1, 0.15) is 0 Å². The van der Waals surface area contributed by atoms with Crippen molar-refractivity contribution in [2.45, 2.75) is 57.7 Å². The molecule has 1 aliphatic heterocycles. The van der Waals surface area contributed by atoms with Gasteiger partial charge >= 0.3 is 0 Å². The molecule has 0 radical (unpaired) electrons. The summed E-state index contributed by atoms with van der Waals surface area (Å²) in [5.74, 6) is 0. The average Bonchev–Trinajstić information content (AvgIpc) is 3.02. The Morgan fingerprint density at radius 2 is 1.92 bits per heavy atom. The number of rotatable bonds is 6. The zero-order valence-electron chi connectivity index (χ0n) is 14.8. The summed E-state index contributed by atoms with van der Waals surface area (Å²) in [4.78, 5) is 6.83. The van der Waals surface area contributed by atoms with Gasteiger partial charge < -0.3 is 5.11 Å². The van der Waals surface area contributed by atoms with E-state index in [2.05, 4.69) is 40.2 Å². The van der Waals surface area contributed by atoms with Crippen LogP contribution in [0.4, 0.5) is 0 Å². The van der Waals surface area contributed by atoms with E-state index in [-0.39, 0.29) is 0 Å². The number of pyridine rings is 1. The maximum Gasteiger partial charge on any atom is 0.0594 e. The normalized spacial score (nSPS) is 18.9. The van der Waals surface area contributed by atoms with Gasteiger partial charge in [-0.05, 0) is 68.8 Å². The van der Waals surface area contributed by atoms with Gasteiger partial charge in [0.25, 0.3) is 0 Å². The van der Waals surface area contributed by atoms with Crippen LogP contribution in [-0.4, -0.2) is 27.1 Å². The van der Waals surface area contributed by atoms with Crippen LogP contribution in [0.5, 0.6) is 0 Å². The molecule has 3 nitrogen and oxygen atoms in total. The first-order chi connectivity index (χ1) is 11.5. The summed E-state index contributed by atoms with van der Waals surface area (Å²) in [5.41, 5.74) is 3.39. The van der Waals surface area contributed by atoms with Gasteiger partial charge in [0.05, 0.1) is 5.60 Å². The number of aryl methyl sites for hydroxylation is 1. The number of nitrogens with zero attached hydrogens (tertiary/aromatic N) is 2. The van der Waals surface area contributed by atoms with Crippen molar-refractivity contribution in [3.63, 3.8) is 0 Å². The fraction of sp³-hybridized carbons (Fsp3) is 0.476. The van der Waals surface area contributed by atoms with Crippen LogP contribution in [0.1, 0.15) is 55.8 Å². The zero-order chi connectivity index (χ0) is 17.0. The summed E-state index contributed by atoms with van der Waals surface area (Å²) in [6, 6.07) is 13.6. The third kappa shape index (κ3) is 4.65. The molecule has 1 N–H and O–H groups in total. The van der Waals surface area contributed by atoms with E-state index in [1.54, 1.807) is 0 Å². The Bertz CT molecular complexity index is 631. The van der Waals surface area contributed by atoms with Gasteiger partial charge in [-0.1, -0.05) is 30.3 Å². The third-order valence-corrected chi connectivity index (χ3v) is 4.87. The number of hydrogen-bond donors (Lipinski definition) is 1. The summed E-state index contributed by atoms with van der Waals surface area (Å²) in [6.45, 7) is 5.88. The van der Waals surface area contributed by atoms with E-state index in [0.29, 0.717) is 6.04 Å². The molecule has 0 saturated carbocycles. The number of aromatic nitrogens is 1. The van der Waals surface area contributed by atoms with Crippen molar-refractivity contribution in [1.29, 1.82) is 0 Å². The van der Waals surface area contributed by atoms with E-state index in [9.17, 15) is 5.11 Å². The molecular formula is C21H28N2O. The van der Waals surface area contributed by atoms with Gasteiger partial charge in [0, 0.05) is 25.0 Å². The molecule has 3 rings (SSSR count). The minimum absolute atomic E-state index is 0.494. The molecule has 1 saturated heterocycles. The molecule has 3 heteroatoms. The molecule has 0 amide bonds. The van der Waals surface area contributed by atoms with E-state index < -0.39 is 5.60 Å². The first kappa shape index (κ1) is 17.1. The SMILES string of the molecule is CC(C)(O)CCc1ccc(CN2CCCC2c2cccnc2)cc1. The van der Waals surface area contributed by atoms with Crippen molar-refractivity contribution >= 4 is 0 Å². The predicted octanol–water partition coefficient (Wildman–Crippen LogP) is 4.12. The monoisotopic (exact) mass is 324 g/mol. The summed E-state index contributed by atoms with van der Waals surface area (Å²) >= 11 is 0. The predicted molar refractivity (Wildman–Crippen MR) is 97.7 cm³/mol. The van der Waals surface area contributed by atoms with E-state index in [4.69, 9.17) is 0 Å². The quantitative estimate of drug-likeness (QED) is 0.868. The summed E-state index contributed by atoms with van der Waals surface area (Å²) in [7, 11) is 0. The highest BCUT2D eigenvalue weighted by atomic mass is 16.3. The molecule has 0 bridgehead atoms. The molecule has 24 heavy (non-hydrogen) atoms. The van der Waals surface area contributed by atoms with Crippen molar-refractivity contribution in [2.24, 2.45) is 0 Å². The number of aliphatic hydroxyl groups is 1. The molecule has 1 aromatic carbocycles. The van der Waals surface area contributed by atoms with Gasteiger partial charge in [-0.2, -0.15) is 0 Å². The highest BCUT2D eigenvalue weighted by Crippen LogP contribution is 2.32. The maximum absolute atomic E-state index is 9.85. The van der Waals surface area contributed by atoms with Crippen LogP contribution >= 0.6 is 0 Å². The van der Waals surface area contributed by atoms with E-state index >= 15 is 0 Å². The Morgan fingerprint density at radius 3 is 2.58 bits per heavy atom. The third-order valence-electron chi connectivity index (χ3n) is 4.87. The lowest BCUT2D eigenvalue weighted by Gasteiger charge is -2.24. The number of hydrogen-bond acceptors (Lipinski definition) is 3. The van der Waals surface area contributed by atoms with E-state index in [1.165, 1.54) is 29.5 Å². The molecule has 1 aromatic heterocycles. The van der Waals surface area contributed by atoms with Crippen LogP contribution in [0.25, 0.3) is 0 Å². The molecular weight excluding hydrogens is 296 g/mol. The molecule has 128 valence electrons. The molecule has 0 aliphatic carbocycles. The molecule has 1 unspecified atom stereocenters. The summed E-state index contributed by atoms with van der Waals surface area (Å²) in [5, 5.41) is 9.85. The lowest BCUT2D eigenvalue weighted by Crippen LogP contribution is -2.22. The van der Waals surface area contributed by atoms with Gasteiger partial charge in [-0.25, -0.2) is 0 Å². The number of likely N-dealkylation sites (tertiary alicyclic amines) is 1. The molecule has 1 atom stereocenters. The second-order valence-electron chi connectivity index (χ2n) is 7.54. The molecule has 2 heterocycles. The Balaban J connectivity index is 1.61. The Morgan fingerprint density at radius 1 is 1.17 bits per heavy atom. The smallest absolute Gasteiger partial charge is 0.0594 e. The highest BCUT2D eigenvalue weighted by molar-refractivity contribution is 5.24. The lowest BCUT2D eigenvalue weighted by molar-refractivity contribution is 0.0714. The van der Waals surface area contributed by atoms with Gasteiger partial charge in [-0.3, -0.25) is 9.88 Å². The lowest BCUT2D eigenvalue weighted by atomic mass is 9.98. The second kappa shape index (κ2) is 7.45. The van der Waals surface area contributed by atoms with Crippen molar-refractivity contribution in [3.8, 4) is 0 Å². The van der Waals surface area contributed by atoms with Gasteiger partial charge in [-0.15, -0.1) is 0 Å². The van der Waals surface area contributed by atoms with Crippen LogP contribution in [0.3, 0.4) is 0 Å². The first-order valence-corrected chi connectivity index (χ1v) is 8.95. The topological polar surface area (TPSA) is 36.4 Å². The van der Waals surface area contributed by atoms with Crippen LogP contribution in [0.15, 0.2) is 48.8 Å². The minimum Gasteiger partial charge on any atom is -0.390 e. The standard InChI is InChI=1S/C21H28N2O/c1-21(2,24)12-11-17-7-9-18(10-8-17)16-23-14-4-6-20(23)19-5-3-13-22-15-19/h3,5,7-10,13,15,20,24H,4,6,11-12,14,16H2,1-2H3. The fourth-order valence-electron chi connectivity index (χ4n) is 3.46. The molecule has 1 fully saturated rings. The molecule has 2 aromatic rings. The maximum atomic E-state index is 9.85. The van der Waals surface area contributed by atoms with Crippen LogP contribution in [-0.2, 0) is 13.0 Å². The average molecular weight is 324 g/mol. The summed E-state index contributed by atoms with van der Waals surface area (Å²) < 4.78 is 0. The van der Waals surface area contributed by atoms with Crippen LogP contribution < -0.4 is 0 Å². The van der Waals surface area contributed by atoms with E-state index in [1.807, 2.05) is 32.3 Å². The van der Waals surface area contributed by atoms with Crippen LogP contribution in [0, 0.1) is 0 Å². The summed E-state index contributed by atoms with van der Waals surface area (Å²) in [6.07, 6.45) is 8.03.